The quantitative estimate of drug-likeness (QED) is 0.525. The second-order valence-corrected chi connectivity index (χ2v) is 7.75. The zero-order valence-corrected chi connectivity index (χ0v) is 18.2. The number of carbonyl (C=O) groups excluding carboxylic acids is 1. The summed E-state index contributed by atoms with van der Waals surface area (Å²) in [6, 6.07) is 14.9. The Balaban J connectivity index is 1.75. The molecule has 3 aromatic rings. The number of benzene rings is 2. The van der Waals surface area contributed by atoms with E-state index < -0.39 is 0 Å². The van der Waals surface area contributed by atoms with Crippen molar-refractivity contribution in [1.82, 2.24) is 15.1 Å². The molecular weight excluding hydrogens is 405 g/mol. The molecule has 6 heteroatoms. The molecule has 0 saturated heterocycles. The zero-order valence-electron chi connectivity index (χ0n) is 16.7. The highest BCUT2D eigenvalue weighted by molar-refractivity contribution is 6.34. The average Bonchev–Trinajstić information content (AvgIpc) is 3.04. The van der Waals surface area contributed by atoms with Crippen LogP contribution in [-0.2, 0) is 25.8 Å². The van der Waals surface area contributed by atoms with E-state index in [-0.39, 0.29) is 5.91 Å². The van der Waals surface area contributed by atoms with Crippen molar-refractivity contribution in [2.45, 2.75) is 39.7 Å². The van der Waals surface area contributed by atoms with Gasteiger partial charge in [0, 0.05) is 39.8 Å². The lowest BCUT2D eigenvalue weighted by Gasteiger charge is -2.10. The average molecular weight is 430 g/mol. The van der Waals surface area contributed by atoms with Crippen LogP contribution >= 0.6 is 23.2 Å². The highest BCUT2D eigenvalue weighted by atomic mass is 35.5. The number of rotatable bonds is 8. The summed E-state index contributed by atoms with van der Waals surface area (Å²) in [7, 11) is 0. The summed E-state index contributed by atoms with van der Waals surface area (Å²) < 4.78 is 2.02. The van der Waals surface area contributed by atoms with Crippen LogP contribution in [0.1, 0.15) is 46.7 Å². The van der Waals surface area contributed by atoms with E-state index in [2.05, 4.69) is 19.2 Å². The molecule has 0 aliphatic rings. The van der Waals surface area contributed by atoms with Crippen molar-refractivity contribution in [1.29, 1.82) is 0 Å². The topological polar surface area (TPSA) is 46.9 Å². The number of amides is 1. The lowest BCUT2D eigenvalue weighted by molar-refractivity contribution is 0.0952. The summed E-state index contributed by atoms with van der Waals surface area (Å²) in [6.45, 7) is 5.39. The molecule has 0 aliphatic carbocycles. The maximum atomic E-state index is 12.3. The predicted molar refractivity (Wildman–Crippen MR) is 119 cm³/mol. The minimum Gasteiger partial charge on any atom is -0.350 e. The second kappa shape index (κ2) is 9.95. The maximum Gasteiger partial charge on any atom is 0.251 e. The Morgan fingerprint density at radius 2 is 1.72 bits per heavy atom. The Hall–Kier alpha value is -2.30. The monoisotopic (exact) mass is 429 g/mol. The minimum absolute atomic E-state index is 0.0692. The van der Waals surface area contributed by atoms with E-state index in [1.54, 1.807) is 6.07 Å². The highest BCUT2D eigenvalue weighted by Gasteiger charge is 2.16. The van der Waals surface area contributed by atoms with Crippen molar-refractivity contribution in [3.8, 4) is 0 Å². The van der Waals surface area contributed by atoms with Gasteiger partial charge in [0.05, 0.1) is 12.2 Å². The van der Waals surface area contributed by atoms with Crippen LogP contribution in [0.2, 0.25) is 10.0 Å². The van der Waals surface area contributed by atoms with Gasteiger partial charge in [-0.25, -0.2) is 0 Å². The fraction of sp³-hybridized carbons (Fsp3) is 0.304. The van der Waals surface area contributed by atoms with Crippen molar-refractivity contribution >= 4 is 29.1 Å². The number of halogens is 2. The van der Waals surface area contributed by atoms with Gasteiger partial charge in [-0.05, 0) is 48.7 Å². The molecule has 4 nitrogen and oxygen atoms in total. The van der Waals surface area contributed by atoms with Crippen molar-refractivity contribution in [3.05, 3.63) is 86.7 Å². The van der Waals surface area contributed by atoms with Gasteiger partial charge in [-0.15, -0.1) is 0 Å². The number of hydrogen-bond donors (Lipinski definition) is 1. The number of carbonyl (C=O) groups is 1. The first-order valence-electron chi connectivity index (χ1n) is 9.87. The maximum absolute atomic E-state index is 12.3. The molecular formula is C23H25Cl2N3O. The highest BCUT2D eigenvalue weighted by Crippen LogP contribution is 2.25. The summed E-state index contributed by atoms with van der Waals surface area (Å²) >= 11 is 12.3. The molecule has 0 radical (unpaired) electrons. The van der Waals surface area contributed by atoms with E-state index >= 15 is 0 Å². The number of nitrogens with zero attached hydrogens (tertiary/aromatic N) is 2. The lowest BCUT2D eigenvalue weighted by Crippen LogP contribution is -2.28. The molecule has 0 atom stereocenters. The normalized spacial score (nSPS) is 10.9. The Bertz CT molecular complexity index is 963. The fourth-order valence-electron chi connectivity index (χ4n) is 3.54. The minimum atomic E-state index is -0.0692. The van der Waals surface area contributed by atoms with Crippen molar-refractivity contribution in [3.63, 3.8) is 0 Å². The van der Waals surface area contributed by atoms with Gasteiger partial charge in [-0.2, -0.15) is 5.10 Å². The summed E-state index contributed by atoms with van der Waals surface area (Å²) in [5.74, 6) is -0.0692. The van der Waals surface area contributed by atoms with E-state index in [1.165, 1.54) is 11.3 Å². The lowest BCUT2D eigenvalue weighted by atomic mass is 10.0. The standard InChI is InChI=1S/C23H25Cl2N3O/c1-3-21-20(14-16-12-18(24)15-19(25)13-16)22(4-2)28(27-21)11-10-26-23(29)17-8-6-5-7-9-17/h5-9,12-13,15H,3-4,10-11,14H2,1-2H3,(H,26,29). The van der Waals surface area contributed by atoms with Gasteiger partial charge in [0.15, 0.2) is 0 Å². The number of hydrogen-bond acceptors (Lipinski definition) is 2. The third-order valence-electron chi connectivity index (χ3n) is 4.87. The summed E-state index contributed by atoms with van der Waals surface area (Å²) in [5, 5.41) is 9.06. The predicted octanol–water partition coefficient (Wildman–Crippen LogP) is 5.34. The van der Waals surface area contributed by atoms with Crippen LogP contribution in [0.4, 0.5) is 0 Å². The molecule has 0 aliphatic heterocycles. The molecule has 0 bridgehead atoms. The number of nitrogens with one attached hydrogen (secondary N) is 1. The Kier molecular flexibility index (Phi) is 7.34. The van der Waals surface area contributed by atoms with Crippen molar-refractivity contribution in [2.75, 3.05) is 6.54 Å². The number of aryl methyl sites for hydroxylation is 1. The first-order chi connectivity index (χ1) is 14.0. The van der Waals surface area contributed by atoms with E-state index in [0.29, 0.717) is 28.7 Å². The van der Waals surface area contributed by atoms with E-state index in [0.717, 1.165) is 30.5 Å². The van der Waals surface area contributed by atoms with Crippen LogP contribution < -0.4 is 5.32 Å². The second-order valence-electron chi connectivity index (χ2n) is 6.88. The van der Waals surface area contributed by atoms with Gasteiger partial charge < -0.3 is 5.32 Å². The summed E-state index contributed by atoms with van der Waals surface area (Å²) in [4.78, 5) is 12.3. The molecule has 0 fully saturated rings. The van der Waals surface area contributed by atoms with Crippen LogP contribution in [0, 0.1) is 0 Å². The third-order valence-corrected chi connectivity index (χ3v) is 5.30. The molecule has 1 heterocycles. The molecule has 2 aromatic carbocycles. The van der Waals surface area contributed by atoms with Gasteiger partial charge in [0.2, 0.25) is 0 Å². The molecule has 3 rings (SSSR count). The molecule has 29 heavy (non-hydrogen) atoms. The van der Waals surface area contributed by atoms with Crippen molar-refractivity contribution in [2.24, 2.45) is 0 Å². The molecule has 152 valence electrons. The fourth-order valence-corrected chi connectivity index (χ4v) is 4.11. The van der Waals surface area contributed by atoms with E-state index in [4.69, 9.17) is 28.3 Å². The van der Waals surface area contributed by atoms with Crippen LogP contribution in [0.5, 0.6) is 0 Å². The van der Waals surface area contributed by atoms with Gasteiger partial charge >= 0.3 is 0 Å². The first kappa shape index (κ1) is 21.4. The molecule has 1 amide bonds. The van der Waals surface area contributed by atoms with Crippen LogP contribution in [0.15, 0.2) is 48.5 Å². The molecule has 0 unspecified atom stereocenters. The van der Waals surface area contributed by atoms with Crippen LogP contribution in [-0.4, -0.2) is 22.2 Å². The molecule has 0 spiro atoms. The van der Waals surface area contributed by atoms with Gasteiger partial charge in [-0.3, -0.25) is 9.48 Å². The van der Waals surface area contributed by atoms with E-state index in [9.17, 15) is 4.79 Å². The SMILES string of the molecule is CCc1nn(CCNC(=O)c2ccccc2)c(CC)c1Cc1cc(Cl)cc(Cl)c1. The third kappa shape index (κ3) is 5.40. The Morgan fingerprint density at radius 1 is 1.03 bits per heavy atom. The van der Waals surface area contributed by atoms with Gasteiger partial charge in [-0.1, -0.05) is 55.2 Å². The van der Waals surface area contributed by atoms with Crippen LogP contribution in [0.25, 0.3) is 0 Å². The van der Waals surface area contributed by atoms with Gasteiger partial charge in [0.25, 0.3) is 5.91 Å². The summed E-state index contributed by atoms with van der Waals surface area (Å²) in [5.41, 5.74) is 5.22. The van der Waals surface area contributed by atoms with E-state index in [1.807, 2.05) is 47.1 Å². The molecule has 1 aromatic heterocycles. The zero-order chi connectivity index (χ0) is 20.8. The number of aromatic nitrogens is 2. The van der Waals surface area contributed by atoms with Gasteiger partial charge in [0.1, 0.15) is 0 Å². The van der Waals surface area contributed by atoms with Crippen LogP contribution in [0.3, 0.4) is 0 Å². The molecule has 1 N–H and O–H groups in total. The first-order valence-corrected chi connectivity index (χ1v) is 10.6. The Morgan fingerprint density at radius 3 is 2.34 bits per heavy atom. The Labute approximate surface area is 181 Å². The largest absolute Gasteiger partial charge is 0.350 e. The van der Waals surface area contributed by atoms with Crippen molar-refractivity contribution < 1.29 is 4.79 Å². The molecule has 0 saturated carbocycles. The summed E-state index contributed by atoms with van der Waals surface area (Å²) in [6.07, 6.45) is 2.45. The smallest absolute Gasteiger partial charge is 0.251 e.